The molecule has 1 unspecified atom stereocenters. The molecule has 0 saturated carbocycles. The van der Waals surface area contributed by atoms with Crippen LogP contribution < -0.4 is 5.32 Å². The molecule has 1 N–H and O–H groups in total. The van der Waals surface area contributed by atoms with Crippen LogP contribution in [0.5, 0.6) is 0 Å². The van der Waals surface area contributed by atoms with Crippen LogP contribution >= 0.6 is 23.2 Å². The highest BCUT2D eigenvalue weighted by Gasteiger charge is 2.19. The summed E-state index contributed by atoms with van der Waals surface area (Å²) < 4.78 is 15.5. The van der Waals surface area contributed by atoms with Gasteiger partial charge in [-0.25, -0.2) is 29.3 Å². The van der Waals surface area contributed by atoms with Crippen molar-refractivity contribution in [3.63, 3.8) is 0 Å². The molecule has 136 valence electrons. The first-order valence-corrected chi connectivity index (χ1v) is 8.54. The lowest BCUT2D eigenvalue weighted by Gasteiger charge is -2.16. The van der Waals surface area contributed by atoms with Gasteiger partial charge in [0.25, 0.3) is 5.95 Å². The zero-order valence-corrected chi connectivity index (χ0v) is 15.3. The molecule has 0 saturated heterocycles. The van der Waals surface area contributed by atoms with Crippen LogP contribution in [0.2, 0.25) is 10.0 Å². The third-order valence-corrected chi connectivity index (χ3v) is 4.44. The third-order valence-electron chi connectivity index (χ3n) is 3.82. The summed E-state index contributed by atoms with van der Waals surface area (Å²) in [6, 6.07) is 2.80. The number of hydrogen-bond acceptors (Lipinski definition) is 7. The van der Waals surface area contributed by atoms with Crippen LogP contribution in [-0.2, 0) is 0 Å². The van der Waals surface area contributed by atoms with E-state index in [0.717, 1.165) is 0 Å². The Morgan fingerprint density at radius 2 is 1.85 bits per heavy atom. The van der Waals surface area contributed by atoms with E-state index >= 15 is 0 Å². The van der Waals surface area contributed by atoms with Crippen LogP contribution in [0.25, 0.3) is 16.9 Å². The summed E-state index contributed by atoms with van der Waals surface area (Å²) in [4.78, 5) is 20.9. The number of hydrogen-bond donors (Lipinski definition) is 1. The summed E-state index contributed by atoms with van der Waals surface area (Å²) in [5, 5.41) is 7.59. The number of halogens is 3. The number of anilines is 1. The van der Waals surface area contributed by atoms with Crippen molar-refractivity contribution in [2.75, 3.05) is 5.32 Å². The Morgan fingerprint density at radius 1 is 1.07 bits per heavy atom. The minimum atomic E-state index is -0.718. The molecule has 0 fully saturated rings. The van der Waals surface area contributed by atoms with Gasteiger partial charge in [0.2, 0.25) is 0 Å². The maximum Gasteiger partial charge on any atom is 0.252 e. The van der Waals surface area contributed by atoms with Crippen LogP contribution in [0.1, 0.15) is 18.8 Å². The van der Waals surface area contributed by atoms with Crippen molar-refractivity contribution in [1.29, 1.82) is 0 Å². The van der Waals surface area contributed by atoms with E-state index in [4.69, 9.17) is 23.2 Å². The number of fused-ring (bicyclic) bond motifs is 1. The molecule has 0 aliphatic heterocycles. The molecule has 8 nitrogen and oxygen atoms in total. The van der Waals surface area contributed by atoms with Gasteiger partial charge in [-0.1, -0.05) is 23.2 Å². The average molecular weight is 405 g/mol. The second-order valence-electron chi connectivity index (χ2n) is 5.55. The Kier molecular flexibility index (Phi) is 4.54. The highest BCUT2D eigenvalue weighted by atomic mass is 35.5. The zero-order chi connectivity index (χ0) is 19.0. The second-order valence-corrected chi connectivity index (χ2v) is 6.33. The van der Waals surface area contributed by atoms with E-state index in [9.17, 15) is 4.39 Å². The van der Waals surface area contributed by atoms with Crippen molar-refractivity contribution in [3.05, 3.63) is 58.9 Å². The lowest BCUT2D eigenvalue weighted by Crippen LogP contribution is -2.16. The van der Waals surface area contributed by atoms with E-state index in [0.29, 0.717) is 23.0 Å². The molecule has 0 aliphatic rings. The Bertz CT molecular complexity index is 1120. The fourth-order valence-corrected chi connectivity index (χ4v) is 3.10. The fourth-order valence-electron chi connectivity index (χ4n) is 2.59. The second kappa shape index (κ2) is 7.01. The minimum Gasteiger partial charge on any atom is -0.360 e. The summed E-state index contributed by atoms with van der Waals surface area (Å²) in [5.74, 6) is 0.663. The molecular weight excluding hydrogens is 394 g/mol. The average Bonchev–Trinajstić information content (AvgIpc) is 3.18. The van der Waals surface area contributed by atoms with E-state index in [1.54, 1.807) is 18.5 Å². The summed E-state index contributed by atoms with van der Waals surface area (Å²) in [6.45, 7) is 1.87. The Balaban J connectivity index is 1.73. The van der Waals surface area contributed by atoms with Crippen LogP contribution in [0, 0.1) is 5.82 Å². The molecule has 11 heteroatoms. The standard InChI is InChI=1S/C16H11Cl2FN8/c1-8(15-24-7-25-27(15)16-20-3-2-4-21-16)26-14-9-5-10(17)12(19)11(18)13(9)22-6-23-14/h2-8H,1H3,(H,22,23,26). The zero-order valence-electron chi connectivity index (χ0n) is 13.8. The van der Waals surface area contributed by atoms with Crippen LogP contribution in [0.3, 0.4) is 0 Å². The number of aromatic nitrogens is 7. The van der Waals surface area contributed by atoms with Crippen molar-refractivity contribution in [1.82, 2.24) is 34.7 Å². The molecule has 4 aromatic rings. The topological polar surface area (TPSA) is 94.3 Å². The summed E-state index contributed by atoms with van der Waals surface area (Å²) in [6.07, 6.45) is 5.93. The first-order chi connectivity index (χ1) is 13.1. The molecule has 3 heterocycles. The van der Waals surface area contributed by atoms with Crippen molar-refractivity contribution < 1.29 is 4.39 Å². The van der Waals surface area contributed by atoms with E-state index in [-0.39, 0.29) is 21.6 Å². The molecule has 0 amide bonds. The van der Waals surface area contributed by atoms with Crippen LogP contribution in [-0.4, -0.2) is 34.7 Å². The highest BCUT2D eigenvalue weighted by Crippen LogP contribution is 2.34. The highest BCUT2D eigenvalue weighted by molar-refractivity contribution is 6.38. The largest absolute Gasteiger partial charge is 0.360 e. The van der Waals surface area contributed by atoms with E-state index in [2.05, 4.69) is 35.3 Å². The van der Waals surface area contributed by atoms with Crippen LogP contribution in [0.15, 0.2) is 37.2 Å². The number of nitrogens with zero attached hydrogens (tertiary/aromatic N) is 7. The third kappa shape index (κ3) is 3.15. The number of rotatable bonds is 4. The van der Waals surface area contributed by atoms with E-state index in [1.165, 1.54) is 23.4 Å². The van der Waals surface area contributed by atoms with Gasteiger partial charge in [-0.3, -0.25) is 0 Å². The first-order valence-electron chi connectivity index (χ1n) is 7.78. The van der Waals surface area contributed by atoms with Gasteiger partial charge < -0.3 is 5.32 Å². The van der Waals surface area contributed by atoms with Gasteiger partial charge in [-0.2, -0.15) is 9.78 Å². The summed E-state index contributed by atoms with van der Waals surface area (Å²) in [5.41, 5.74) is 0.260. The molecule has 0 aliphatic carbocycles. The van der Waals surface area contributed by atoms with Crippen molar-refractivity contribution in [2.24, 2.45) is 0 Å². The van der Waals surface area contributed by atoms with Gasteiger partial charge >= 0.3 is 0 Å². The molecule has 4 rings (SSSR count). The monoisotopic (exact) mass is 404 g/mol. The maximum absolute atomic E-state index is 13.9. The van der Waals surface area contributed by atoms with Crippen molar-refractivity contribution in [2.45, 2.75) is 13.0 Å². The van der Waals surface area contributed by atoms with Gasteiger partial charge in [0.1, 0.15) is 23.5 Å². The smallest absolute Gasteiger partial charge is 0.252 e. The number of benzene rings is 1. The van der Waals surface area contributed by atoms with Crippen molar-refractivity contribution >= 4 is 39.9 Å². The Hall–Kier alpha value is -2.91. The lowest BCUT2D eigenvalue weighted by molar-refractivity contribution is 0.630. The number of nitrogens with one attached hydrogen (secondary N) is 1. The molecule has 0 bridgehead atoms. The van der Waals surface area contributed by atoms with Gasteiger partial charge in [-0.05, 0) is 19.1 Å². The normalized spacial score (nSPS) is 12.3. The lowest BCUT2D eigenvalue weighted by atomic mass is 10.2. The Labute approximate surface area is 162 Å². The predicted molar refractivity (Wildman–Crippen MR) is 98.5 cm³/mol. The SMILES string of the molecule is CC(Nc1ncnc2c(Cl)c(F)c(Cl)cc12)c1ncnn1-c1ncccn1. The molecule has 27 heavy (non-hydrogen) atoms. The summed E-state index contributed by atoms with van der Waals surface area (Å²) in [7, 11) is 0. The molecule has 0 radical (unpaired) electrons. The maximum atomic E-state index is 13.9. The van der Waals surface area contributed by atoms with E-state index in [1.807, 2.05) is 6.92 Å². The molecule has 1 aromatic carbocycles. The van der Waals surface area contributed by atoms with E-state index < -0.39 is 5.82 Å². The fraction of sp³-hybridized carbons (Fsp3) is 0.125. The van der Waals surface area contributed by atoms with Crippen molar-refractivity contribution in [3.8, 4) is 5.95 Å². The van der Waals surface area contributed by atoms with Gasteiger partial charge in [0, 0.05) is 17.8 Å². The molecule has 0 spiro atoms. The van der Waals surface area contributed by atoms with Crippen LogP contribution in [0.4, 0.5) is 10.2 Å². The van der Waals surface area contributed by atoms with Gasteiger partial charge in [0.15, 0.2) is 11.6 Å². The minimum absolute atomic E-state index is 0.112. The molecular formula is C16H11Cl2FN8. The molecule has 3 aromatic heterocycles. The summed E-state index contributed by atoms with van der Waals surface area (Å²) >= 11 is 11.9. The van der Waals surface area contributed by atoms with Gasteiger partial charge in [0.05, 0.1) is 16.6 Å². The molecule has 1 atom stereocenters. The Morgan fingerprint density at radius 3 is 2.63 bits per heavy atom. The predicted octanol–water partition coefficient (Wildman–Crippen LogP) is 3.62. The quantitative estimate of drug-likeness (QED) is 0.518. The van der Waals surface area contributed by atoms with Gasteiger partial charge in [-0.15, -0.1) is 0 Å². The first kappa shape index (κ1) is 17.5.